The molecular formula is C21H25NO. The summed E-state index contributed by atoms with van der Waals surface area (Å²) in [6, 6.07) is 21.2. The molecule has 2 heteroatoms. The van der Waals surface area contributed by atoms with Crippen LogP contribution in [-0.2, 0) is 17.6 Å². The Labute approximate surface area is 139 Å². The largest absolute Gasteiger partial charge is 0.472 e. The van der Waals surface area contributed by atoms with Gasteiger partial charge in [0.05, 0.1) is 6.54 Å². The van der Waals surface area contributed by atoms with E-state index < -0.39 is 0 Å². The van der Waals surface area contributed by atoms with Gasteiger partial charge in [-0.05, 0) is 17.5 Å². The lowest BCUT2D eigenvalue weighted by atomic mass is 9.88. The highest BCUT2D eigenvalue weighted by Crippen LogP contribution is 2.29. The minimum atomic E-state index is -0.230. The Morgan fingerprint density at radius 3 is 2.00 bits per heavy atom. The number of rotatable bonds is 7. The molecule has 0 saturated heterocycles. The molecule has 1 aliphatic rings. The zero-order chi connectivity index (χ0) is 16.0. The molecule has 1 aliphatic heterocycles. The van der Waals surface area contributed by atoms with Crippen molar-refractivity contribution in [2.45, 2.75) is 44.6 Å². The van der Waals surface area contributed by atoms with E-state index >= 15 is 0 Å². The van der Waals surface area contributed by atoms with Gasteiger partial charge in [-0.1, -0.05) is 74.0 Å². The predicted octanol–water partition coefficient (Wildman–Crippen LogP) is 4.83. The fraction of sp³-hybridized carbons (Fsp3) is 0.381. The van der Waals surface area contributed by atoms with Crippen LogP contribution >= 0.6 is 0 Å². The summed E-state index contributed by atoms with van der Waals surface area (Å²) in [6.07, 6.45) is 5.09. The Kier molecular flexibility index (Phi) is 5.12. The van der Waals surface area contributed by atoms with Crippen LogP contribution in [-0.4, -0.2) is 18.0 Å². The SMILES string of the molecule is CCCCC1=NCC(Cc2ccccc2)(Cc2ccccc2)O1. The molecular weight excluding hydrogens is 282 g/mol. The molecule has 2 aromatic carbocycles. The van der Waals surface area contributed by atoms with Crippen LogP contribution in [0.25, 0.3) is 0 Å². The molecule has 3 rings (SSSR count). The number of unbranched alkanes of at least 4 members (excludes halogenated alkanes) is 1. The summed E-state index contributed by atoms with van der Waals surface area (Å²) in [5.41, 5.74) is 2.40. The lowest BCUT2D eigenvalue weighted by Gasteiger charge is -2.29. The number of benzene rings is 2. The van der Waals surface area contributed by atoms with Gasteiger partial charge in [-0.25, -0.2) is 0 Å². The second-order valence-corrected chi connectivity index (χ2v) is 6.42. The van der Waals surface area contributed by atoms with Crippen molar-refractivity contribution in [2.75, 3.05) is 6.54 Å². The quantitative estimate of drug-likeness (QED) is 0.718. The van der Waals surface area contributed by atoms with Gasteiger partial charge < -0.3 is 4.74 Å². The van der Waals surface area contributed by atoms with Crippen LogP contribution in [0.3, 0.4) is 0 Å². The van der Waals surface area contributed by atoms with Crippen molar-refractivity contribution in [1.29, 1.82) is 0 Å². The summed E-state index contributed by atoms with van der Waals surface area (Å²) in [5, 5.41) is 0. The lowest BCUT2D eigenvalue weighted by molar-refractivity contribution is 0.0846. The van der Waals surface area contributed by atoms with Gasteiger partial charge in [0.2, 0.25) is 0 Å². The smallest absolute Gasteiger partial charge is 0.184 e. The van der Waals surface area contributed by atoms with Crippen LogP contribution in [0.4, 0.5) is 0 Å². The predicted molar refractivity (Wildman–Crippen MR) is 95.9 cm³/mol. The van der Waals surface area contributed by atoms with Crippen LogP contribution in [0.5, 0.6) is 0 Å². The van der Waals surface area contributed by atoms with Gasteiger partial charge in [-0.2, -0.15) is 0 Å². The molecule has 0 fully saturated rings. The fourth-order valence-corrected chi connectivity index (χ4v) is 3.19. The maximum atomic E-state index is 6.41. The third-order valence-electron chi connectivity index (χ3n) is 4.36. The van der Waals surface area contributed by atoms with Gasteiger partial charge in [-0.15, -0.1) is 0 Å². The maximum absolute atomic E-state index is 6.41. The minimum absolute atomic E-state index is 0.230. The van der Waals surface area contributed by atoms with E-state index in [-0.39, 0.29) is 5.60 Å². The first-order valence-corrected chi connectivity index (χ1v) is 8.60. The van der Waals surface area contributed by atoms with Crippen molar-refractivity contribution in [3.63, 3.8) is 0 Å². The van der Waals surface area contributed by atoms with Gasteiger partial charge in [0.1, 0.15) is 5.60 Å². The van der Waals surface area contributed by atoms with Crippen molar-refractivity contribution in [3.05, 3.63) is 71.8 Å². The second kappa shape index (κ2) is 7.45. The van der Waals surface area contributed by atoms with Gasteiger partial charge in [0, 0.05) is 19.3 Å². The van der Waals surface area contributed by atoms with E-state index in [2.05, 4.69) is 67.6 Å². The normalized spacial score (nSPS) is 16.0. The minimum Gasteiger partial charge on any atom is -0.472 e. The summed E-state index contributed by atoms with van der Waals surface area (Å²) >= 11 is 0. The fourth-order valence-electron chi connectivity index (χ4n) is 3.19. The van der Waals surface area contributed by atoms with E-state index in [9.17, 15) is 0 Å². The van der Waals surface area contributed by atoms with Crippen molar-refractivity contribution in [1.82, 2.24) is 0 Å². The van der Waals surface area contributed by atoms with E-state index in [1.807, 2.05) is 0 Å². The summed E-state index contributed by atoms with van der Waals surface area (Å²) in [5.74, 6) is 0.943. The number of nitrogens with zero attached hydrogens (tertiary/aromatic N) is 1. The number of aliphatic imine (C=N–C) groups is 1. The van der Waals surface area contributed by atoms with Gasteiger partial charge >= 0.3 is 0 Å². The Bertz CT molecular complexity index is 592. The molecule has 0 spiro atoms. The molecule has 2 nitrogen and oxygen atoms in total. The molecule has 0 aliphatic carbocycles. The number of hydrogen-bond donors (Lipinski definition) is 0. The summed E-state index contributed by atoms with van der Waals surface area (Å²) in [4.78, 5) is 4.71. The van der Waals surface area contributed by atoms with Gasteiger partial charge in [0.25, 0.3) is 0 Å². The highest BCUT2D eigenvalue weighted by Gasteiger charge is 2.38. The summed E-state index contributed by atoms with van der Waals surface area (Å²) < 4.78 is 6.41. The third kappa shape index (κ3) is 4.22. The van der Waals surface area contributed by atoms with Crippen molar-refractivity contribution >= 4 is 5.90 Å². The molecule has 0 aromatic heterocycles. The van der Waals surface area contributed by atoms with Crippen molar-refractivity contribution < 1.29 is 4.74 Å². The molecule has 1 heterocycles. The second-order valence-electron chi connectivity index (χ2n) is 6.42. The first kappa shape index (κ1) is 15.8. The first-order chi connectivity index (χ1) is 11.3. The third-order valence-corrected chi connectivity index (χ3v) is 4.36. The lowest BCUT2D eigenvalue weighted by Crippen LogP contribution is -2.38. The van der Waals surface area contributed by atoms with E-state index in [1.165, 1.54) is 17.5 Å². The Hall–Kier alpha value is -2.09. The average Bonchev–Trinajstić information content (AvgIpc) is 2.97. The molecule has 0 unspecified atom stereocenters. The van der Waals surface area contributed by atoms with E-state index in [4.69, 9.17) is 9.73 Å². The highest BCUT2D eigenvalue weighted by molar-refractivity contribution is 5.78. The summed E-state index contributed by atoms with van der Waals surface area (Å²) in [6.45, 7) is 2.96. The highest BCUT2D eigenvalue weighted by atomic mass is 16.5. The van der Waals surface area contributed by atoms with Crippen molar-refractivity contribution in [3.8, 4) is 0 Å². The molecule has 0 bridgehead atoms. The van der Waals surface area contributed by atoms with E-state index in [0.717, 1.165) is 38.1 Å². The van der Waals surface area contributed by atoms with E-state index in [0.29, 0.717) is 0 Å². The molecule has 0 N–H and O–H groups in total. The molecule has 2 aromatic rings. The molecule has 0 amide bonds. The molecule has 0 radical (unpaired) electrons. The van der Waals surface area contributed by atoms with Crippen molar-refractivity contribution in [2.24, 2.45) is 4.99 Å². The summed E-state index contributed by atoms with van der Waals surface area (Å²) in [7, 11) is 0. The van der Waals surface area contributed by atoms with Crippen LogP contribution < -0.4 is 0 Å². The number of ether oxygens (including phenoxy) is 1. The van der Waals surface area contributed by atoms with Crippen LogP contribution in [0.15, 0.2) is 65.7 Å². The van der Waals surface area contributed by atoms with E-state index in [1.54, 1.807) is 0 Å². The standard InChI is InChI=1S/C21H25NO/c1-2-3-14-20-22-17-21(23-20,15-18-10-6-4-7-11-18)16-19-12-8-5-9-13-19/h4-13H,2-3,14-17H2,1H3. The molecule has 0 saturated carbocycles. The Balaban J connectivity index is 1.77. The molecule has 120 valence electrons. The number of hydrogen-bond acceptors (Lipinski definition) is 2. The first-order valence-electron chi connectivity index (χ1n) is 8.60. The Morgan fingerprint density at radius 1 is 0.913 bits per heavy atom. The molecule has 23 heavy (non-hydrogen) atoms. The van der Waals surface area contributed by atoms with Crippen LogP contribution in [0.2, 0.25) is 0 Å². The zero-order valence-electron chi connectivity index (χ0n) is 13.9. The topological polar surface area (TPSA) is 21.6 Å². The maximum Gasteiger partial charge on any atom is 0.184 e. The average molecular weight is 307 g/mol. The zero-order valence-corrected chi connectivity index (χ0v) is 13.9. The van der Waals surface area contributed by atoms with Gasteiger partial charge in [-0.3, -0.25) is 4.99 Å². The molecule has 0 atom stereocenters. The van der Waals surface area contributed by atoms with Crippen LogP contribution in [0, 0.1) is 0 Å². The monoisotopic (exact) mass is 307 g/mol. The van der Waals surface area contributed by atoms with Gasteiger partial charge in [0.15, 0.2) is 5.90 Å². The van der Waals surface area contributed by atoms with Crippen LogP contribution in [0.1, 0.15) is 37.3 Å². The Morgan fingerprint density at radius 2 is 1.48 bits per heavy atom.